The highest BCUT2D eigenvalue weighted by Gasteiger charge is 2.15. The van der Waals surface area contributed by atoms with Gasteiger partial charge in [0.05, 0.1) is 11.1 Å². The molecule has 1 amide bonds. The topological polar surface area (TPSA) is 105 Å². The van der Waals surface area contributed by atoms with Gasteiger partial charge in [-0.3, -0.25) is 4.79 Å². The number of aromatic nitrogens is 3. The molecule has 1 aliphatic rings. The maximum absolute atomic E-state index is 12.2. The summed E-state index contributed by atoms with van der Waals surface area (Å²) in [4.78, 5) is 24.2. The van der Waals surface area contributed by atoms with E-state index >= 15 is 0 Å². The summed E-state index contributed by atoms with van der Waals surface area (Å²) in [7, 11) is 0. The first-order valence-corrected chi connectivity index (χ1v) is 8.79. The van der Waals surface area contributed by atoms with Crippen LogP contribution in [0, 0.1) is 0 Å². The molecule has 2 heterocycles. The van der Waals surface area contributed by atoms with Crippen LogP contribution in [0.25, 0.3) is 11.0 Å². The second-order valence-electron chi connectivity index (χ2n) is 6.15. The summed E-state index contributed by atoms with van der Waals surface area (Å²) in [5.74, 6) is 0.337. The van der Waals surface area contributed by atoms with Crippen LogP contribution in [0.15, 0.2) is 36.4 Å². The Morgan fingerprint density at radius 2 is 2.04 bits per heavy atom. The van der Waals surface area contributed by atoms with Crippen molar-refractivity contribution >= 4 is 22.9 Å². The Labute approximate surface area is 160 Å². The number of fused-ring (bicyclic) bond motifs is 2. The summed E-state index contributed by atoms with van der Waals surface area (Å²) in [6, 6.07) is 10.4. The molecule has 2 aromatic carbocycles. The lowest BCUT2D eigenvalue weighted by molar-refractivity contribution is -0.124. The number of aryl methyl sites for hydroxylation is 1. The minimum Gasteiger partial charge on any atom is -0.454 e. The fraction of sp³-hybridized carbons (Fsp3) is 0.263. The van der Waals surface area contributed by atoms with Gasteiger partial charge in [-0.1, -0.05) is 11.3 Å². The Morgan fingerprint density at radius 1 is 1.18 bits per heavy atom. The molecule has 4 rings (SSSR count). The van der Waals surface area contributed by atoms with Crippen LogP contribution in [-0.4, -0.2) is 40.3 Å². The number of esters is 1. The largest absolute Gasteiger partial charge is 0.454 e. The smallest absolute Gasteiger partial charge is 0.338 e. The number of carbonyl (C=O) groups is 2. The van der Waals surface area contributed by atoms with E-state index in [1.54, 1.807) is 35.0 Å². The van der Waals surface area contributed by atoms with Gasteiger partial charge in [0.15, 0.2) is 18.1 Å². The van der Waals surface area contributed by atoms with Gasteiger partial charge in [-0.05, 0) is 42.8 Å². The second-order valence-corrected chi connectivity index (χ2v) is 6.15. The van der Waals surface area contributed by atoms with Crippen LogP contribution in [0.4, 0.5) is 0 Å². The molecule has 144 valence electrons. The molecule has 0 radical (unpaired) electrons. The number of benzene rings is 2. The van der Waals surface area contributed by atoms with Crippen molar-refractivity contribution in [3.63, 3.8) is 0 Å². The normalized spacial score (nSPS) is 12.2. The van der Waals surface area contributed by atoms with Crippen LogP contribution in [-0.2, 0) is 22.6 Å². The first-order valence-electron chi connectivity index (χ1n) is 8.79. The van der Waals surface area contributed by atoms with E-state index in [0.717, 1.165) is 11.1 Å². The number of ether oxygens (including phenoxy) is 3. The zero-order chi connectivity index (χ0) is 19.5. The van der Waals surface area contributed by atoms with E-state index in [4.69, 9.17) is 14.2 Å². The SMILES string of the molecule is CCn1nnc2cc(C(=O)OCC(=O)NCc3ccc4c(c3)OCO4)ccc21. The Bertz CT molecular complexity index is 1050. The van der Waals surface area contributed by atoms with Crippen molar-refractivity contribution in [2.45, 2.75) is 20.0 Å². The Balaban J connectivity index is 1.30. The van der Waals surface area contributed by atoms with Gasteiger partial charge in [-0.25, -0.2) is 9.48 Å². The van der Waals surface area contributed by atoms with E-state index in [1.165, 1.54) is 0 Å². The maximum atomic E-state index is 12.2. The van der Waals surface area contributed by atoms with Crippen molar-refractivity contribution in [2.24, 2.45) is 0 Å². The summed E-state index contributed by atoms with van der Waals surface area (Å²) >= 11 is 0. The zero-order valence-electron chi connectivity index (χ0n) is 15.2. The minimum atomic E-state index is -0.592. The number of rotatable bonds is 6. The molecule has 0 atom stereocenters. The molecule has 1 N–H and O–H groups in total. The van der Waals surface area contributed by atoms with Crippen molar-refractivity contribution in [3.8, 4) is 11.5 Å². The molecule has 3 aromatic rings. The third-order valence-electron chi connectivity index (χ3n) is 4.31. The lowest BCUT2D eigenvalue weighted by Crippen LogP contribution is -2.28. The summed E-state index contributed by atoms with van der Waals surface area (Å²) in [5.41, 5.74) is 2.61. The first kappa shape index (κ1) is 17.8. The highest BCUT2D eigenvalue weighted by atomic mass is 16.7. The molecule has 0 saturated carbocycles. The van der Waals surface area contributed by atoms with E-state index in [0.29, 0.717) is 35.7 Å². The van der Waals surface area contributed by atoms with Gasteiger partial charge >= 0.3 is 5.97 Å². The van der Waals surface area contributed by atoms with E-state index in [2.05, 4.69) is 15.6 Å². The monoisotopic (exact) mass is 382 g/mol. The van der Waals surface area contributed by atoms with Gasteiger partial charge in [0.25, 0.3) is 5.91 Å². The van der Waals surface area contributed by atoms with Crippen LogP contribution in [0.2, 0.25) is 0 Å². The number of hydrogen-bond acceptors (Lipinski definition) is 7. The van der Waals surface area contributed by atoms with E-state index in [-0.39, 0.29) is 13.4 Å². The molecular weight excluding hydrogens is 364 g/mol. The van der Waals surface area contributed by atoms with Crippen molar-refractivity contribution < 1.29 is 23.8 Å². The predicted molar refractivity (Wildman–Crippen MR) is 97.9 cm³/mol. The van der Waals surface area contributed by atoms with Gasteiger partial charge in [0.2, 0.25) is 6.79 Å². The average Bonchev–Trinajstić information content (AvgIpc) is 3.35. The Kier molecular flexibility index (Phi) is 4.79. The zero-order valence-corrected chi connectivity index (χ0v) is 15.2. The number of hydrogen-bond donors (Lipinski definition) is 1. The number of nitrogens with one attached hydrogen (secondary N) is 1. The molecule has 9 heteroatoms. The summed E-state index contributed by atoms with van der Waals surface area (Å²) in [6.07, 6.45) is 0. The van der Waals surface area contributed by atoms with E-state index in [1.807, 2.05) is 13.0 Å². The Hall–Kier alpha value is -3.62. The lowest BCUT2D eigenvalue weighted by Gasteiger charge is -2.07. The maximum Gasteiger partial charge on any atom is 0.338 e. The molecule has 1 aliphatic heterocycles. The summed E-state index contributed by atoms with van der Waals surface area (Å²) < 4.78 is 17.4. The fourth-order valence-electron chi connectivity index (χ4n) is 2.85. The van der Waals surface area contributed by atoms with Gasteiger partial charge < -0.3 is 19.5 Å². The third-order valence-corrected chi connectivity index (χ3v) is 4.31. The molecule has 0 spiro atoms. The quantitative estimate of drug-likeness (QED) is 0.647. The van der Waals surface area contributed by atoms with Crippen LogP contribution in [0.5, 0.6) is 11.5 Å². The first-order chi connectivity index (χ1) is 13.6. The summed E-state index contributed by atoms with van der Waals surface area (Å²) in [6.45, 7) is 2.76. The highest BCUT2D eigenvalue weighted by Crippen LogP contribution is 2.32. The van der Waals surface area contributed by atoms with E-state index < -0.39 is 11.9 Å². The van der Waals surface area contributed by atoms with Crippen LogP contribution in [0.1, 0.15) is 22.8 Å². The molecule has 1 aromatic heterocycles. The molecule has 0 bridgehead atoms. The molecule has 9 nitrogen and oxygen atoms in total. The van der Waals surface area contributed by atoms with Crippen molar-refractivity contribution in [1.82, 2.24) is 20.3 Å². The number of amides is 1. The van der Waals surface area contributed by atoms with Crippen LogP contribution < -0.4 is 14.8 Å². The third kappa shape index (κ3) is 3.59. The molecule has 0 saturated heterocycles. The van der Waals surface area contributed by atoms with Gasteiger partial charge in [-0.2, -0.15) is 0 Å². The van der Waals surface area contributed by atoms with Crippen molar-refractivity contribution in [1.29, 1.82) is 0 Å². The average molecular weight is 382 g/mol. The van der Waals surface area contributed by atoms with Gasteiger partial charge in [-0.15, -0.1) is 5.10 Å². The second kappa shape index (κ2) is 7.55. The van der Waals surface area contributed by atoms with Gasteiger partial charge in [0, 0.05) is 13.1 Å². The number of carbonyl (C=O) groups excluding carboxylic acids is 2. The lowest BCUT2D eigenvalue weighted by atomic mass is 10.2. The van der Waals surface area contributed by atoms with Crippen molar-refractivity contribution in [3.05, 3.63) is 47.5 Å². The molecule has 0 unspecified atom stereocenters. The summed E-state index contributed by atoms with van der Waals surface area (Å²) in [5, 5.41) is 10.7. The Morgan fingerprint density at radius 3 is 2.89 bits per heavy atom. The fourth-order valence-corrected chi connectivity index (χ4v) is 2.85. The molecule has 0 aliphatic carbocycles. The highest BCUT2D eigenvalue weighted by molar-refractivity contribution is 5.94. The van der Waals surface area contributed by atoms with E-state index in [9.17, 15) is 9.59 Å². The minimum absolute atomic E-state index is 0.196. The predicted octanol–water partition coefficient (Wildman–Crippen LogP) is 1.65. The molecule has 28 heavy (non-hydrogen) atoms. The van der Waals surface area contributed by atoms with Crippen LogP contribution in [0.3, 0.4) is 0 Å². The van der Waals surface area contributed by atoms with Crippen LogP contribution >= 0.6 is 0 Å². The molecular formula is C19H18N4O5. The standard InChI is InChI=1S/C19H18N4O5/c1-2-23-15-5-4-13(8-14(15)21-22-23)19(25)26-10-18(24)20-9-12-3-6-16-17(7-12)28-11-27-16/h3-8H,2,9-11H2,1H3,(H,20,24). The number of nitrogens with zero attached hydrogens (tertiary/aromatic N) is 3. The molecule has 0 fully saturated rings. The van der Waals surface area contributed by atoms with Gasteiger partial charge in [0.1, 0.15) is 5.52 Å². The van der Waals surface area contributed by atoms with Crippen molar-refractivity contribution in [2.75, 3.05) is 13.4 Å².